The highest BCUT2D eigenvalue weighted by molar-refractivity contribution is 5.96. The summed E-state index contributed by atoms with van der Waals surface area (Å²) in [6.45, 7) is 4.62. The first-order valence-corrected chi connectivity index (χ1v) is 9.30. The number of carbonyl (C=O) groups is 1. The maximum Gasteiger partial charge on any atom is 0.251 e. The number of amides is 1. The van der Waals surface area contributed by atoms with Crippen molar-refractivity contribution in [2.24, 2.45) is 0 Å². The Morgan fingerprint density at radius 3 is 2.55 bits per heavy atom. The molecular formula is C21H25N5O3. The third kappa shape index (κ3) is 5.04. The standard InChI is InChI=1S/C21H25N5O3/c1-14-5-7-16(8-6-14)17-9-18(21(27)22-15(2)12-28-3)11-19(10-17)26-20(13-29-4)23-24-25-26/h5-11,15H,12-13H2,1-4H3,(H,22,27). The molecule has 1 heterocycles. The number of nitrogens with zero attached hydrogens (tertiary/aromatic N) is 4. The fourth-order valence-electron chi connectivity index (χ4n) is 3.00. The van der Waals surface area contributed by atoms with Crippen LogP contribution in [-0.4, -0.2) is 53.0 Å². The van der Waals surface area contributed by atoms with Gasteiger partial charge in [-0.15, -0.1) is 5.10 Å². The minimum atomic E-state index is -0.189. The summed E-state index contributed by atoms with van der Waals surface area (Å²) in [5.74, 6) is 0.360. The summed E-state index contributed by atoms with van der Waals surface area (Å²) in [4.78, 5) is 12.8. The molecule has 8 nitrogen and oxygen atoms in total. The summed E-state index contributed by atoms with van der Waals surface area (Å²) in [7, 11) is 3.19. The molecule has 3 rings (SSSR count). The third-order valence-electron chi connectivity index (χ3n) is 4.41. The lowest BCUT2D eigenvalue weighted by Crippen LogP contribution is -2.35. The summed E-state index contributed by atoms with van der Waals surface area (Å²) in [5.41, 5.74) is 4.26. The molecule has 0 aliphatic heterocycles. The van der Waals surface area contributed by atoms with Gasteiger partial charge in [-0.1, -0.05) is 29.8 Å². The van der Waals surface area contributed by atoms with Crippen LogP contribution >= 0.6 is 0 Å². The van der Waals surface area contributed by atoms with Crippen LogP contribution in [0.4, 0.5) is 0 Å². The van der Waals surface area contributed by atoms with E-state index in [1.165, 1.54) is 5.56 Å². The molecule has 8 heteroatoms. The van der Waals surface area contributed by atoms with Crippen molar-refractivity contribution in [3.8, 4) is 16.8 Å². The van der Waals surface area contributed by atoms with E-state index in [4.69, 9.17) is 9.47 Å². The Bertz CT molecular complexity index is 969. The third-order valence-corrected chi connectivity index (χ3v) is 4.41. The number of ether oxygens (including phenoxy) is 2. The summed E-state index contributed by atoms with van der Waals surface area (Å²) in [6, 6.07) is 13.6. The Morgan fingerprint density at radius 2 is 1.86 bits per heavy atom. The van der Waals surface area contributed by atoms with Crippen molar-refractivity contribution in [1.82, 2.24) is 25.5 Å². The number of rotatable bonds is 8. The zero-order chi connectivity index (χ0) is 20.8. The molecule has 1 aromatic heterocycles. The Labute approximate surface area is 169 Å². The molecule has 3 aromatic rings. The van der Waals surface area contributed by atoms with Gasteiger partial charge in [0.25, 0.3) is 5.91 Å². The molecule has 29 heavy (non-hydrogen) atoms. The molecule has 0 aliphatic carbocycles. The second kappa shape index (κ2) is 9.40. The maximum atomic E-state index is 12.8. The first-order chi connectivity index (χ1) is 14.0. The molecule has 1 amide bonds. The van der Waals surface area contributed by atoms with Crippen LogP contribution in [0.1, 0.15) is 28.7 Å². The Hall–Kier alpha value is -3.10. The summed E-state index contributed by atoms with van der Waals surface area (Å²) < 4.78 is 11.9. The van der Waals surface area contributed by atoms with Crippen molar-refractivity contribution in [3.05, 3.63) is 59.4 Å². The fraction of sp³-hybridized carbons (Fsp3) is 0.333. The molecule has 0 fully saturated rings. The van der Waals surface area contributed by atoms with Crippen molar-refractivity contribution < 1.29 is 14.3 Å². The fourth-order valence-corrected chi connectivity index (χ4v) is 3.00. The van der Waals surface area contributed by atoms with Gasteiger partial charge in [0.2, 0.25) is 0 Å². The maximum absolute atomic E-state index is 12.8. The average molecular weight is 395 g/mol. The molecule has 0 spiro atoms. The Morgan fingerprint density at radius 1 is 1.10 bits per heavy atom. The highest BCUT2D eigenvalue weighted by atomic mass is 16.5. The predicted molar refractivity (Wildman–Crippen MR) is 109 cm³/mol. The normalized spacial score (nSPS) is 12.0. The molecule has 0 bridgehead atoms. The van der Waals surface area contributed by atoms with Crippen molar-refractivity contribution in [2.45, 2.75) is 26.5 Å². The molecule has 1 unspecified atom stereocenters. The predicted octanol–water partition coefficient (Wildman–Crippen LogP) is 2.55. The van der Waals surface area contributed by atoms with Crippen LogP contribution in [-0.2, 0) is 16.1 Å². The second-order valence-corrected chi connectivity index (χ2v) is 6.90. The van der Waals surface area contributed by atoms with Crippen molar-refractivity contribution in [2.75, 3.05) is 20.8 Å². The molecular weight excluding hydrogens is 370 g/mol. The molecule has 1 N–H and O–H groups in total. The Kier molecular flexibility index (Phi) is 6.69. The van der Waals surface area contributed by atoms with Crippen LogP contribution in [0.3, 0.4) is 0 Å². The largest absolute Gasteiger partial charge is 0.383 e. The van der Waals surface area contributed by atoms with Crippen LogP contribution in [0.5, 0.6) is 0 Å². The molecule has 0 aliphatic rings. The summed E-state index contributed by atoms with van der Waals surface area (Å²) in [6.07, 6.45) is 0. The van der Waals surface area contributed by atoms with E-state index >= 15 is 0 Å². The summed E-state index contributed by atoms with van der Waals surface area (Å²) in [5, 5.41) is 14.8. The topological polar surface area (TPSA) is 91.2 Å². The average Bonchev–Trinajstić information content (AvgIpc) is 3.17. The van der Waals surface area contributed by atoms with E-state index in [0.29, 0.717) is 23.7 Å². The number of methoxy groups -OCH3 is 2. The highest BCUT2D eigenvalue weighted by Crippen LogP contribution is 2.25. The second-order valence-electron chi connectivity index (χ2n) is 6.90. The van der Waals surface area contributed by atoms with Gasteiger partial charge in [0.05, 0.1) is 12.3 Å². The smallest absolute Gasteiger partial charge is 0.251 e. The number of aryl methyl sites for hydroxylation is 1. The van der Waals surface area contributed by atoms with Crippen molar-refractivity contribution >= 4 is 5.91 Å². The first-order valence-electron chi connectivity index (χ1n) is 9.30. The molecule has 0 saturated heterocycles. The van der Waals surface area contributed by atoms with Gasteiger partial charge in [0.15, 0.2) is 5.82 Å². The minimum Gasteiger partial charge on any atom is -0.383 e. The van der Waals surface area contributed by atoms with Gasteiger partial charge in [-0.3, -0.25) is 4.79 Å². The van der Waals surface area contributed by atoms with Gasteiger partial charge in [-0.2, -0.15) is 4.68 Å². The van der Waals surface area contributed by atoms with Gasteiger partial charge in [0.1, 0.15) is 6.61 Å². The van der Waals surface area contributed by atoms with E-state index in [0.717, 1.165) is 11.1 Å². The van der Waals surface area contributed by atoms with Gasteiger partial charge in [0, 0.05) is 25.8 Å². The monoisotopic (exact) mass is 395 g/mol. The lowest BCUT2D eigenvalue weighted by molar-refractivity contribution is 0.0905. The van der Waals surface area contributed by atoms with Crippen LogP contribution in [0.25, 0.3) is 16.8 Å². The van der Waals surface area contributed by atoms with Crippen LogP contribution in [0, 0.1) is 6.92 Å². The van der Waals surface area contributed by atoms with Crippen molar-refractivity contribution in [1.29, 1.82) is 0 Å². The number of nitrogens with one attached hydrogen (secondary N) is 1. The van der Waals surface area contributed by atoms with Gasteiger partial charge in [-0.25, -0.2) is 0 Å². The SMILES string of the molecule is COCc1nnnn1-c1cc(C(=O)NC(C)COC)cc(-c2ccc(C)cc2)c1. The lowest BCUT2D eigenvalue weighted by Gasteiger charge is -2.15. The number of hydrogen-bond donors (Lipinski definition) is 1. The van der Waals surface area contributed by atoms with Crippen LogP contribution in [0.2, 0.25) is 0 Å². The van der Waals surface area contributed by atoms with Crippen LogP contribution in [0.15, 0.2) is 42.5 Å². The van der Waals surface area contributed by atoms with E-state index in [2.05, 4.69) is 20.8 Å². The quantitative estimate of drug-likeness (QED) is 0.630. The lowest BCUT2D eigenvalue weighted by atomic mass is 10.0. The van der Waals surface area contributed by atoms with Crippen molar-refractivity contribution in [3.63, 3.8) is 0 Å². The van der Waals surface area contributed by atoms with E-state index < -0.39 is 0 Å². The number of aromatic nitrogens is 4. The van der Waals surface area contributed by atoms with Gasteiger partial charge < -0.3 is 14.8 Å². The highest BCUT2D eigenvalue weighted by Gasteiger charge is 2.16. The molecule has 2 aromatic carbocycles. The van der Waals surface area contributed by atoms with Gasteiger partial charge in [-0.05, 0) is 53.6 Å². The molecule has 152 valence electrons. The zero-order valence-corrected chi connectivity index (χ0v) is 17.0. The number of tetrazole rings is 1. The van der Waals surface area contributed by atoms with Gasteiger partial charge >= 0.3 is 0 Å². The van der Waals surface area contributed by atoms with E-state index in [9.17, 15) is 4.79 Å². The Balaban J connectivity index is 2.05. The van der Waals surface area contributed by atoms with Crippen LogP contribution < -0.4 is 5.32 Å². The van der Waals surface area contributed by atoms with E-state index in [1.54, 1.807) is 25.0 Å². The molecule has 0 saturated carbocycles. The van der Waals surface area contributed by atoms with E-state index in [-0.39, 0.29) is 18.6 Å². The minimum absolute atomic E-state index is 0.115. The molecule has 0 radical (unpaired) electrons. The zero-order valence-electron chi connectivity index (χ0n) is 17.0. The summed E-state index contributed by atoms with van der Waals surface area (Å²) >= 11 is 0. The van der Waals surface area contributed by atoms with E-state index in [1.807, 2.05) is 50.2 Å². The number of benzene rings is 2. The molecule has 1 atom stereocenters. The number of hydrogen-bond acceptors (Lipinski definition) is 6. The first kappa shape index (κ1) is 20.6. The number of carbonyl (C=O) groups excluding carboxylic acids is 1.